The first-order valence-electron chi connectivity index (χ1n) is 6.91. The van der Waals surface area contributed by atoms with Crippen molar-refractivity contribution in [3.8, 4) is 10.6 Å². The van der Waals surface area contributed by atoms with E-state index in [4.69, 9.17) is 5.73 Å². The van der Waals surface area contributed by atoms with Crippen LogP contribution in [0.25, 0.3) is 10.6 Å². The molecule has 1 unspecified atom stereocenters. The molecule has 3 rings (SSSR count). The number of nitrogens with one attached hydrogen (secondary N) is 1. The summed E-state index contributed by atoms with van der Waals surface area (Å²) in [6, 6.07) is 6.78. The number of rotatable bonds is 3. The first-order chi connectivity index (χ1) is 9.26. The molecule has 102 valence electrons. The monoisotopic (exact) mass is 276 g/mol. The molecule has 19 heavy (non-hydrogen) atoms. The zero-order valence-electron chi connectivity index (χ0n) is 11.2. The lowest BCUT2D eigenvalue weighted by molar-refractivity contribution is 0.503. The molecule has 1 fully saturated rings. The molecule has 0 saturated carbocycles. The molecule has 0 aliphatic carbocycles. The predicted octanol–water partition coefficient (Wildman–Crippen LogP) is 2.63. The van der Waals surface area contributed by atoms with Gasteiger partial charge in [-0.2, -0.15) is 5.10 Å². The van der Waals surface area contributed by atoms with E-state index >= 15 is 0 Å². The van der Waals surface area contributed by atoms with Gasteiger partial charge < -0.3 is 10.6 Å². The zero-order valence-corrected chi connectivity index (χ0v) is 12.0. The summed E-state index contributed by atoms with van der Waals surface area (Å²) in [6.07, 6.45) is 3.37. The lowest BCUT2D eigenvalue weighted by Crippen LogP contribution is -2.43. The fourth-order valence-corrected chi connectivity index (χ4v) is 3.44. The molecule has 3 N–H and O–H groups in total. The maximum Gasteiger partial charge on any atom is 0.151 e. The molecule has 5 heteroatoms. The summed E-state index contributed by atoms with van der Waals surface area (Å²) in [5.41, 5.74) is 7.13. The van der Waals surface area contributed by atoms with Crippen molar-refractivity contribution in [3.63, 3.8) is 0 Å². The highest BCUT2D eigenvalue weighted by molar-refractivity contribution is 7.15. The largest absolute Gasteiger partial charge is 0.354 e. The van der Waals surface area contributed by atoms with E-state index in [2.05, 4.69) is 40.2 Å². The number of aryl methyl sites for hydroxylation is 1. The van der Waals surface area contributed by atoms with Crippen molar-refractivity contribution in [2.24, 2.45) is 5.73 Å². The standard InChI is InChI=1S/C14H20N4S/c1-2-11-5-6-13(19-11)12-8-14(17-16-12)18-7-3-4-10(15)9-18/h5-6,8,10H,2-4,7,9,15H2,1H3,(H,16,17). The van der Waals surface area contributed by atoms with Crippen LogP contribution in [-0.4, -0.2) is 29.3 Å². The molecule has 1 saturated heterocycles. The van der Waals surface area contributed by atoms with E-state index < -0.39 is 0 Å². The van der Waals surface area contributed by atoms with Gasteiger partial charge in [-0.3, -0.25) is 5.10 Å². The number of aromatic amines is 1. The number of anilines is 1. The van der Waals surface area contributed by atoms with E-state index in [0.717, 1.165) is 43.9 Å². The van der Waals surface area contributed by atoms with Gasteiger partial charge in [-0.1, -0.05) is 6.92 Å². The zero-order chi connectivity index (χ0) is 13.2. The van der Waals surface area contributed by atoms with Crippen molar-refractivity contribution in [1.82, 2.24) is 10.2 Å². The third-order valence-electron chi connectivity index (χ3n) is 3.62. The van der Waals surface area contributed by atoms with Crippen molar-refractivity contribution in [2.75, 3.05) is 18.0 Å². The van der Waals surface area contributed by atoms with Gasteiger partial charge in [0.15, 0.2) is 5.82 Å². The van der Waals surface area contributed by atoms with E-state index in [1.807, 2.05) is 11.3 Å². The molecule has 1 atom stereocenters. The Labute approximate surface area is 117 Å². The summed E-state index contributed by atoms with van der Waals surface area (Å²) in [6.45, 7) is 4.15. The van der Waals surface area contributed by atoms with Crippen LogP contribution in [0.15, 0.2) is 18.2 Å². The fraction of sp³-hybridized carbons (Fsp3) is 0.500. The van der Waals surface area contributed by atoms with Gasteiger partial charge >= 0.3 is 0 Å². The summed E-state index contributed by atoms with van der Waals surface area (Å²) < 4.78 is 0. The average Bonchev–Trinajstić information content (AvgIpc) is 3.07. The Kier molecular flexibility index (Phi) is 3.57. The van der Waals surface area contributed by atoms with Gasteiger partial charge in [-0.05, 0) is 31.4 Å². The smallest absolute Gasteiger partial charge is 0.151 e. The highest BCUT2D eigenvalue weighted by Gasteiger charge is 2.19. The number of hydrogen-bond acceptors (Lipinski definition) is 4. The molecule has 0 spiro atoms. The van der Waals surface area contributed by atoms with Crippen LogP contribution >= 0.6 is 11.3 Å². The van der Waals surface area contributed by atoms with Crippen LogP contribution in [0.2, 0.25) is 0 Å². The Morgan fingerprint density at radius 3 is 3.16 bits per heavy atom. The summed E-state index contributed by atoms with van der Waals surface area (Å²) >= 11 is 1.83. The van der Waals surface area contributed by atoms with E-state index in [-0.39, 0.29) is 6.04 Å². The van der Waals surface area contributed by atoms with Gasteiger partial charge in [0.25, 0.3) is 0 Å². The molecule has 0 radical (unpaired) electrons. The quantitative estimate of drug-likeness (QED) is 0.906. The molecule has 4 nitrogen and oxygen atoms in total. The lowest BCUT2D eigenvalue weighted by atomic mass is 10.1. The first kappa shape index (κ1) is 12.7. The number of aromatic nitrogens is 2. The highest BCUT2D eigenvalue weighted by Crippen LogP contribution is 2.29. The second kappa shape index (κ2) is 5.35. The van der Waals surface area contributed by atoms with E-state index in [1.54, 1.807) is 0 Å². The number of H-pyrrole nitrogens is 1. The number of nitrogens with zero attached hydrogens (tertiary/aromatic N) is 2. The van der Waals surface area contributed by atoms with Gasteiger partial charge in [-0.15, -0.1) is 11.3 Å². The fourth-order valence-electron chi connectivity index (χ4n) is 2.53. The summed E-state index contributed by atoms with van der Waals surface area (Å²) in [5, 5.41) is 7.59. The molecule has 1 aliphatic rings. The number of thiophene rings is 1. The normalized spacial score (nSPS) is 19.9. The van der Waals surface area contributed by atoms with Crippen LogP contribution < -0.4 is 10.6 Å². The minimum absolute atomic E-state index is 0.280. The second-order valence-corrected chi connectivity index (χ2v) is 6.28. The van der Waals surface area contributed by atoms with Gasteiger partial charge in [0.2, 0.25) is 0 Å². The number of hydrogen-bond donors (Lipinski definition) is 2. The molecule has 0 bridgehead atoms. The topological polar surface area (TPSA) is 57.9 Å². The lowest BCUT2D eigenvalue weighted by Gasteiger charge is -2.30. The van der Waals surface area contributed by atoms with Crippen molar-refractivity contribution in [2.45, 2.75) is 32.2 Å². The molecule has 3 heterocycles. The van der Waals surface area contributed by atoms with E-state index in [9.17, 15) is 0 Å². The highest BCUT2D eigenvalue weighted by atomic mass is 32.1. The van der Waals surface area contributed by atoms with Gasteiger partial charge in [0.1, 0.15) is 0 Å². The molecule has 1 aliphatic heterocycles. The minimum Gasteiger partial charge on any atom is -0.354 e. The third kappa shape index (κ3) is 2.67. The van der Waals surface area contributed by atoms with Crippen LogP contribution in [0, 0.1) is 0 Å². The van der Waals surface area contributed by atoms with Crippen LogP contribution in [0.3, 0.4) is 0 Å². The van der Waals surface area contributed by atoms with Crippen LogP contribution in [-0.2, 0) is 6.42 Å². The molecular formula is C14H20N4S. The van der Waals surface area contributed by atoms with E-state index in [1.165, 1.54) is 9.75 Å². The number of piperidine rings is 1. The Morgan fingerprint density at radius 2 is 2.42 bits per heavy atom. The second-order valence-electron chi connectivity index (χ2n) is 5.11. The van der Waals surface area contributed by atoms with Crippen LogP contribution in [0.1, 0.15) is 24.6 Å². The molecule has 2 aromatic heterocycles. The Hall–Kier alpha value is -1.33. The Bertz CT molecular complexity index is 545. The van der Waals surface area contributed by atoms with Crippen molar-refractivity contribution >= 4 is 17.2 Å². The van der Waals surface area contributed by atoms with Crippen LogP contribution in [0.5, 0.6) is 0 Å². The van der Waals surface area contributed by atoms with Crippen molar-refractivity contribution in [3.05, 3.63) is 23.1 Å². The average molecular weight is 276 g/mol. The van der Waals surface area contributed by atoms with Gasteiger partial charge in [0, 0.05) is 30.1 Å². The van der Waals surface area contributed by atoms with Crippen LogP contribution in [0.4, 0.5) is 5.82 Å². The third-order valence-corrected chi connectivity index (χ3v) is 4.88. The Balaban J connectivity index is 1.78. The van der Waals surface area contributed by atoms with Gasteiger partial charge in [0.05, 0.1) is 10.6 Å². The summed E-state index contributed by atoms with van der Waals surface area (Å²) in [5.74, 6) is 1.02. The summed E-state index contributed by atoms with van der Waals surface area (Å²) in [7, 11) is 0. The SMILES string of the molecule is CCc1ccc(-c2cc(N3CCCC(N)C3)n[nH]2)s1. The minimum atomic E-state index is 0.280. The molecular weight excluding hydrogens is 256 g/mol. The molecule has 0 aromatic carbocycles. The van der Waals surface area contributed by atoms with Gasteiger partial charge in [-0.25, -0.2) is 0 Å². The van der Waals surface area contributed by atoms with Crippen molar-refractivity contribution < 1.29 is 0 Å². The predicted molar refractivity (Wildman–Crippen MR) is 80.7 cm³/mol. The van der Waals surface area contributed by atoms with Crippen molar-refractivity contribution in [1.29, 1.82) is 0 Å². The molecule has 0 amide bonds. The number of nitrogens with two attached hydrogens (primary N) is 1. The Morgan fingerprint density at radius 1 is 1.53 bits per heavy atom. The first-order valence-corrected chi connectivity index (χ1v) is 7.73. The maximum atomic E-state index is 6.02. The molecule has 2 aromatic rings. The van der Waals surface area contributed by atoms with E-state index in [0.29, 0.717) is 0 Å². The summed E-state index contributed by atoms with van der Waals surface area (Å²) in [4.78, 5) is 4.95. The maximum absolute atomic E-state index is 6.02.